The van der Waals surface area contributed by atoms with Crippen LogP contribution in [0.3, 0.4) is 0 Å². The highest BCUT2D eigenvalue weighted by atomic mass is 32.1. The van der Waals surface area contributed by atoms with Gasteiger partial charge >= 0.3 is 0 Å². The number of hydrogen-bond acceptors (Lipinski definition) is 5. The van der Waals surface area contributed by atoms with Crippen molar-refractivity contribution in [3.8, 4) is 0 Å². The maximum atomic E-state index is 10.3. The van der Waals surface area contributed by atoms with Crippen LogP contribution in [-0.4, -0.2) is 41.3 Å². The third-order valence-electron chi connectivity index (χ3n) is 4.42. The molecule has 2 aromatic rings. The number of aryl methyl sites for hydroxylation is 2. The van der Waals surface area contributed by atoms with Crippen LogP contribution in [-0.2, 0) is 17.7 Å². The Balaban J connectivity index is 1.46. The summed E-state index contributed by atoms with van der Waals surface area (Å²) in [5.41, 5.74) is 2.69. The summed E-state index contributed by atoms with van der Waals surface area (Å²) in [6, 6.07) is 8.50. The van der Waals surface area contributed by atoms with E-state index < -0.39 is 6.10 Å². The van der Waals surface area contributed by atoms with Crippen LogP contribution in [0.4, 0.5) is 0 Å². The zero-order valence-electron chi connectivity index (χ0n) is 14.4. The molecule has 0 saturated carbocycles. The summed E-state index contributed by atoms with van der Waals surface area (Å²) in [7, 11) is 2.02. The highest BCUT2D eigenvalue weighted by Gasteiger charge is 2.21. The molecule has 24 heavy (non-hydrogen) atoms. The van der Waals surface area contributed by atoms with Crippen LogP contribution in [0.2, 0.25) is 0 Å². The fourth-order valence-electron chi connectivity index (χ4n) is 3.33. The number of ether oxygens (including phenoxy) is 1. The molecule has 130 valence electrons. The number of aromatic nitrogens is 1. The van der Waals surface area contributed by atoms with Crippen molar-refractivity contribution in [1.29, 1.82) is 0 Å². The Morgan fingerprint density at radius 1 is 1.42 bits per heavy atom. The predicted octanol–water partition coefficient (Wildman–Crippen LogP) is 3.34. The van der Waals surface area contributed by atoms with E-state index >= 15 is 0 Å². The van der Waals surface area contributed by atoms with Crippen LogP contribution in [0.1, 0.15) is 40.0 Å². The van der Waals surface area contributed by atoms with E-state index in [0.29, 0.717) is 13.2 Å². The van der Waals surface area contributed by atoms with E-state index in [0.717, 1.165) is 30.8 Å². The highest BCUT2D eigenvalue weighted by Crippen LogP contribution is 2.32. The van der Waals surface area contributed by atoms with Crippen molar-refractivity contribution in [2.45, 2.75) is 44.9 Å². The number of fused-ring (bicyclic) bond motifs is 1. The van der Waals surface area contributed by atoms with Gasteiger partial charge in [0.2, 0.25) is 0 Å². The van der Waals surface area contributed by atoms with Crippen molar-refractivity contribution in [2.75, 3.05) is 20.2 Å². The van der Waals surface area contributed by atoms with Gasteiger partial charge < -0.3 is 9.84 Å². The van der Waals surface area contributed by atoms with Crippen molar-refractivity contribution in [2.24, 2.45) is 0 Å². The Bertz CT molecular complexity index is 658. The Kier molecular flexibility index (Phi) is 6.00. The van der Waals surface area contributed by atoms with Crippen molar-refractivity contribution in [1.82, 2.24) is 9.88 Å². The average Bonchev–Trinajstić information content (AvgIpc) is 2.97. The highest BCUT2D eigenvalue weighted by molar-refractivity contribution is 7.11. The summed E-state index contributed by atoms with van der Waals surface area (Å²) in [6.45, 7) is 3.81. The molecule has 5 heteroatoms. The average molecular weight is 346 g/mol. The lowest BCUT2D eigenvalue weighted by atomic mass is 9.89. The van der Waals surface area contributed by atoms with Gasteiger partial charge in [-0.25, -0.2) is 4.98 Å². The number of rotatable bonds is 7. The molecule has 1 aromatic carbocycles. The number of aliphatic hydroxyl groups is 1. The Morgan fingerprint density at radius 3 is 3.04 bits per heavy atom. The first-order valence-electron chi connectivity index (χ1n) is 8.59. The molecule has 0 unspecified atom stereocenters. The molecule has 1 aliphatic rings. The molecule has 0 fully saturated rings. The minimum absolute atomic E-state index is 0.124. The predicted molar refractivity (Wildman–Crippen MR) is 97.3 cm³/mol. The second-order valence-electron chi connectivity index (χ2n) is 6.61. The van der Waals surface area contributed by atoms with Gasteiger partial charge in [0.1, 0.15) is 0 Å². The minimum atomic E-state index is -0.474. The summed E-state index contributed by atoms with van der Waals surface area (Å²) in [5, 5.41) is 11.4. The number of thiazole rings is 1. The van der Waals surface area contributed by atoms with Crippen molar-refractivity contribution in [3.63, 3.8) is 0 Å². The summed E-state index contributed by atoms with van der Waals surface area (Å²) in [5.74, 6) is 0. The second-order valence-corrected chi connectivity index (χ2v) is 7.93. The van der Waals surface area contributed by atoms with Crippen molar-refractivity contribution < 1.29 is 9.84 Å². The molecule has 1 aromatic heterocycles. The van der Waals surface area contributed by atoms with E-state index in [1.54, 1.807) is 11.3 Å². The summed E-state index contributed by atoms with van der Waals surface area (Å²) in [6.07, 6.45) is 4.90. The van der Waals surface area contributed by atoms with Gasteiger partial charge in [0.05, 0.1) is 23.8 Å². The Labute approximate surface area is 148 Å². The summed E-state index contributed by atoms with van der Waals surface area (Å²) in [4.78, 5) is 7.62. The molecule has 0 aliphatic heterocycles. The van der Waals surface area contributed by atoms with Gasteiger partial charge in [0, 0.05) is 24.2 Å². The van der Waals surface area contributed by atoms with E-state index in [-0.39, 0.29) is 6.10 Å². The molecular weight excluding hydrogens is 320 g/mol. The molecule has 0 amide bonds. The fourth-order valence-corrected chi connectivity index (χ4v) is 4.21. The lowest BCUT2D eigenvalue weighted by Gasteiger charge is -2.27. The third kappa shape index (κ3) is 4.63. The van der Waals surface area contributed by atoms with Gasteiger partial charge in [-0.3, -0.25) is 4.90 Å². The van der Waals surface area contributed by atoms with Crippen LogP contribution in [0.25, 0.3) is 0 Å². The molecule has 0 spiro atoms. The van der Waals surface area contributed by atoms with Crippen LogP contribution in [0.15, 0.2) is 30.5 Å². The number of likely N-dealkylation sites (N-methyl/N-ethyl adjacent to an activating group) is 1. The van der Waals surface area contributed by atoms with Gasteiger partial charge in [-0.1, -0.05) is 24.3 Å². The number of hydrogen-bond donors (Lipinski definition) is 1. The number of aliphatic hydroxyl groups excluding tert-OH is 1. The third-order valence-corrected chi connectivity index (χ3v) is 5.32. The van der Waals surface area contributed by atoms with E-state index in [1.807, 2.05) is 20.2 Å². The van der Waals surface area contributed by atoms with E-state index in [4.69, 9.17) is 4.74 Å². The Morgan fingerprint density at radius 2 is 2.25 bits per heavy atom. The maximum absolute atomic E-state index is 10.3. The lowest BCUT2D eigenvalue weighted by Crippen LogP contribution is -2.32. The van der Waals surface area contributed by atoms with E-state index in [1.165, 1.54) is 16.0 Å². The SMILES string of the molecule is Cc1ncc(CN(C)C[C@H](O)CO[C@@H]2CCCc3ccccc32)s1. The standard InChI is InChI=1S/C19H26N2O2S/c1-14-20-10-17(24-14)12-21(2)11-16(22)13-23-19-9-5-7-15-6-3-4-8-18(15)19/h3-4,6,8,10,16,19,22H,5,7,9,11-13H2,1-2H3/t16-,19+/m0/s1. The first-order valence-corrected chi connectivity index (χ1v) is 9.41. The monoisotopic (exact) mass is 346 g/mol. The minimum Gasteiger partial charge on any atom is -0.389 e. The van der Waals surface area contributed by atoms with Crippen LogP contribution in [0.5, 0.6) is 0 Å². The quantitative estimate of drug-likeness (QED) is 0.835. The molecular formula is C19H26N2O2S. The zero-order valence-corrected chi connectivity index (χ0v) is 15.3. The van der Waals surface area contributed by atoms with Crippen LogP contribution < -0.4 is 0 Å². The van der Waals surface area contributed by atoms with Gasteiger partial charge in [-0.15, -0.1) is 11.3 Å². The first kappa shape index (κ1) is 17.5. The Hall–Kier alpha value is -1.27. The molecule has 1 aliphatic carbocycles. The van der Waals surface area contributed by atoms with Gasteiger partial charge in [-0.2, -0.15) is 0 Å². The normalized spacial score (nSPS) is 18.6. The maximum Gasteiger partial charge on any atom is 0.0900 e. The molecule has 4 nitrogen and oxygen atoms in total. The van der Waals surface area contributed by atoms with Crippen molar-refractivity contribution >= 4 is 11.3 Å². The largest absolute Gasteiger partial charge is 0.389 e. The van der Waals surface area contributed by atoms with Gasteiger partial charge in [-0.05, 0) is 44.4 Å². The zero-order chi connectivity index (χ0) is 16.9. The molecule has 0 saturated heterocycles. The molecule has 1 heterocycles. The molecule has 1 N–H and O–H groups in total. The molecule has 2 atom stereocenters. The number of nitrogens with zero attached hydrogens (tertiary/aromatic N) is 2. The molecule has 0 bridgehead atoms. The molecule has 0 radical (unpaired) electrons. The first-order chi connectivity index (χ1) is 11.6. The van der Waals surface area contributed by atoms with Crippen LogP contribution in [0, 0.1) is 6.92 Å². The number of benzene rings is 1. The van der Waals surface area contributed by atoms with Crippen LogP contribution >= 0.6 is 11.3 Å². The van der Waals surface area contributed by atoms with Gasteiger partial charge in [0.15, 0.2) is 0 Å². The van der Waals surface area contributed by atoms with E-state index in [2.05, 4.69) is 34.1 Å². The van der Waals surface area contributed by atoms with E-state index in [9.17, 15) is 5.11 Å². The second kappa shape index (κ2) is 8.21. The lowest BCUT2D eigenvalue weighted by molar-refractivity contribution is -0.0265. The fraction of sp³-hybridized carbons (Fsp3) is 0.526. The van der Waals surface area contributed by atoms with Crippen molar-refractivity contribution in [3.05, 3.63) is 51.5 Å². The summed E-state index contributed by atoms with van der Waals surface area (Å²) >= 11 is 1.71. The molecule has 3 rings (SSSR count). The summed E-state index contributed by atoms with van der Waals surface area (Å²) < 4.78 is 6.04. The topological polar surface area (TPSA) is 45.6 Å². The smallest absolute Gasteiger partial charge is 0.0900 e. The van der Waals surface area contributed by atoms with Gasteiger partial charge in [0.25, 0.3) is 0 Å².